The highest BCUT2D eigenvalue weighted by atomic mass is 32.1. The molecule has 0 unspecified atom stereocenters. The van der Waals surface area contributed by atoms with Gasteiger partial charge in [0.05, 0.1) is 6.20 Å². The highest BCUT2D eigenvalue weighted by Gasteiger charge is 2.30. The van der Waals surface area contributed by atoms with Gasteiger partial charge >= 0.3 is 0 Å². The minimum absolute atomic E-state index is 0.0920. The lowest BCUT2D eigenvalue weighted by Gasteiger charge is -2.19. The van der Waals surface area contributed by atoms with Gasteiger partial charge in [0.25, 0.3) is 0 Å². The van der Waals surface area contributed by atoms with Gasteiger partial charge in [0.1, 0.15) is 11.9 Å². The molecule has 0 saturated carbocycles. The predicted molar refractivity (Wildman–Crippen MR) is 94.3 cm³/mol. The zero-order valence-corrected chi connectivity index (χ0v) is 15.0. The molecule has 0 spiro atoms. The zero-order valence-electron chi connectivity index (χ0n) is 14.2. The summed E-state index contributed by atoms with van der Waals surface area (Å²) in [5.74, 6) is 0.732. The second-order valence-electron chi connectivity index (χ2n) is 6.20. The molecule has 1 aliphatic heterocycles. The third kappa shape index (κ3) is 4.30. The van der Waals surface area contributed by atoms with Crippen LogP contribution in [0.4, 0.5) is 5.13 Å². The number of aryl methyl sites for hydroxylation is 1. The first-order valence-electron chi connectivity index (χ1n) is 8.05. The molecule has 7 heteroatoms. The van der Waals surface area contributed by atoms with Crippen LogP contribution in [0.25, 0.3) is 0 Å². The van der Waals surface area contributed by atoms with Crippen LogP contribution in [0.2, 0.25) is 0 Å². The first kappa shape index (κ1) is 16.9. The van der Waals surface area contributed by atoms with Crippen molar-refractivity contribution in [1.82, 2.24) is 14.9 Å². The molecule has 1 aliphatic rings. The summed E-state index contributed by atoms with van der Waals surface area (Å²) in [6.45, 7) is 7.37. The van der Waals surface area contributed by atoms with Gasteiger partial charge in [-0.05, 0) is 26.0 Å². The van der Waals surface area contributed by atoms with Crippen molar-refractivity contribution in [3.63, 3.8) is 0 Å². The van der Waals surface area contributed by atoms with Crippen LogP contribution in [-0.2, 0) is 11.3 Å². The number of thiazole rings is 1. The molecule has 1 amide bonds. The van der Waals surface area contributed by atoms with Crippen molar-refractivity contribution in [3.05, 3.63) is 35.1 Å². The van der Waals surface area contributed by atoms with E-state index in [2.05, 4.69) is 27.1 Å². The maximum Gasteiger partial charge on any atom is 0.223 e. The van der Waals surface area contributed by atoms with Gasteiger partial charge < -0.3 is 10.1 Å². The topological polar surface area (TPSA) is 67.4 Å². The van der Waals surface area contributed by atoms with E-state index in [0.29, 0.717) is 11.2 Å². The van der Waals surface area contributed by atoms with E-state index in [9.17, 15) is 4.79 Å². The van der Waals surface area contributed by atoms with Gasteiger partial charge in [0.2, 0.25) is 5.91 Å². The molecule has 24 heavy (non-hydrogen) atoms. The summed E-state index contributed by atoms with van der Waals surface area (Å²) in [6, 6.07) is 4.38. The number of hydrogen-bond donors (Lipinski definition) is 1. The molecule has 1 saturated heterocycles. The smallest absolute Gasteiger partial charge is 0.223 e. The lowest BCUT2D eigenvalue weighted by molar-refractivity contribution is -0.114. The van der Waals surface area contributed by atoms with Gasteiger partial charge in [0, 0.05) is 49.2 Å². The largest absolute Gasteiger partial charge is 0.487 e. The fourth-order valence-corrected chi connectivity index (χ4v) is 3.74. The van der Waals surface area contributed by atoms with Crippen LogP contribution in [0.1, 0.15) is 30.8 Å². The van der Waals surface area contributed by atoms with Crippen molar-refractivity contribution in [2.45, 2.75) is 45.9 Å². The van der Waals surface area contributed by atoms with E-state index >= 15 is 0 Å². The van der Waals surface area contributed by atoms with Crippen LogP contribution in [0.15, 0.2) is 24.5 Å². The summed E-state index contributed by atoms with van der Waals surface area (Å²) in [4.78, 5) is 23.1. The van der Waals surface area contributed by atoms with Crippen LogP contribution < -0.4 is 10.1 Å². The quantitative estimate of drug-likeness (QED) is 0.902. The Balaban J connectivity index is 1.56. The number of carbonyl (C=O) groups excluding carboxylic acids is 1. The molecule has 6 nitrogen and oxygen atoms in total. The average molecular weight is 346 g/mol. The second kappa shape index (κ2) is 7.27. The Morgan fingerprint density at radius 3 is 2.96 bits per heavy atom. The molecule has 1 N–H and O–H groups in total. The summed E-state index contributed by atoms with van der Waals surface area (Å²) in [6.07, 6.45) is 4.78. The summed E-state index contributed by atoms with van der Waals surface area (Å²) in [5, 5.41) is 3.38. The number of nitrogens with zero attached hydrogens (tertiary/aromatic N) is 3. The van der Waals surface area contributed by atoms with Crippen LogP contribution in [0.3, 0.4) is 0 Å². The summed E-state index contributed by atoms with van der Waals surface area (Å²) in [7, 11) is 0. The standard InChI is InChI=1S/C17H22N4O2S/c1-11-4-5-14(7-18-11)23-15-6-12(2)21(9-15)10-16-8-19-17(24-16)20-13(3)22/h4-5,7-8,12,15H,6,9-10H2,1-3H3,(H,19,20,22)/t12-,15+/m0/s1. The number of likely N-dealkylation sites (tertiary alicyclic amines) is 1. The Kier molecular flexibility index (Phi) is 5.11. The van der Waals surface area contributed by atoms with Crippen LogP contribution >= 0.6 is 11.3 Å². The third-order valence-electron chi connectivity index (χ3n) is 4.05. The number of rotatable bonds is 5. The maximum absolute atomic E-state index is 11.1. The fraction of sp³-hybridized carbons (Fsp3) is 0.471. The third-order valence-corrected chi connectivity index (χ3v) is 4.95. The molecule has 128 valence electrons. The highest BCUT2D eigenvalue weighted by Crippen LogP contribution is 2.27. The van der Waals surface area contributed by atoms with Crippen LogP contribution in [0.5, 0.6) is 5.75 Å². The Labute approximate surface area is 145 Å². The minimum Gasteiger partial charge on any atom is -0.487 e. The second-order valence-corrected chi connectivity index (χ2v) is 7.32. The van der Waals surface area contributed by atoms with Crippen molar-refractivity contribution in [3.8, 4) is 5.75 Å². The molecule has 0 aromatic carbocycles. The summed E-state index contributed by atoms with van der Waals surface area (Å²) >= 11 is 1.52. The van der Waals surface area contributed by atoms with E-state index in [1.54, 1.807) is 6.20 Å². The Bertz CT molecular complexity index is 701. The molecule has 0 aliphatic carbocycles. The van der Waals surface area contributed by atoms with Crippen molar-refractivity contribution in [2.75, 3.05) is 11.9 Å². The van der Waals surface area contributed by atoms with E-state index in [1.165, 1.54) is 18.3 Å². The van der Waals surface area contributed by atoms with Gasteiger partial charge in [-0.2, -0.15) is 0 Å². The van der Waals surface area contributed by atoms with Gasteiger partial charge in [-0.3, -0.25) is 14.7 Å². The van der Waals surface area contributed by atoms with Gasteiger partial charge in [-0.1, -0.05) is 0 Å². The molecule has 2 atom stereocenters. The summed E-state index contributed by atoms with van der Waals surface area (Å²) in [5.41, 5.74) is 0.990. The van der Waals surface area contributed by atoms with E-state index < -0.39 is 0 Å². The van der Waals surface area contributed by atoms with Crippen molar-refractivity contribution >= 4 is 22.4 Å². The monoisotopic (exact) mass is 346 g/mol. The summed E-state index contributed by atoms with van der Waals surface area (Å²) < 4.78 is 6.05. The van der Waals surface area contributed by atoms with E-state index in [-0.39, 0.29) is 12.0 Å². The SMILES string of the molecule is CC(=O)Nc1ncc(CN2C[C@H](Oc3ccc(C)nc3)C[C@@H]2C)s1. The molecule has 2 aromatic heterocycles. The van der Waals surface area contributed by atoms with E-state index in [1.807, 2.05) is 25.3 Å². The molecule has 3 rings (SSSR count). The van der Waals surface area contributed by atoms with Crippen molar-refractivity contribution in [2.24, 2.45) is 0 Å². The Morgan fingerprint density at radius 1 is 1.42 bits per heavy atom. The molecule has 3 heterocycles. The Morgan fingerprint density at radius 2 is 2.25 bits per heavy atom. The van der Waals surface area contributed by atoms with E-state index in [0.717, 1.165) is 35.8 Å². The molecule has 1 fully saturated rings. The van der Waals surface area contributed by atoms with Gasteiger partial charge in [0.15, 0.2) is 5.13 Å². The minimum atomic E-state index is -0.0920. The number of amides is 1. The van der Waals surface area contributed by atoms with Crippen LogP contribution in [0, 0.1) is 6.92 Å². The number of pyridine rings is 1. The van der Waals surface area contributed by atoms with Gasteiger partial charge in [-0.15, -0.1) is 11.3 Å². The number of ether oxygens (including phenoxy) is 1. The van der Waals surface area contributed by atoms with Crippen molar-refractivity contribution in [1.29, 1.82) is 0 Å². The highest BCUT2D eigenvalue weighted by molar-refractivity contribution is 7.15. The number of nitrogens with one attached hydrogen (secondary N) is 1. The normalized spacial score (nSPS) is 21.0. The maximum atomic E-state index is 11.1. The average Bonchev–Trinajstić information content (AvgIpc) is 3.08. The Hall–Kier alpha value is -1.99. The molecule has 0 radical (unpaired) electrons. The molecular formula is C17H22N4O2S. The first-order chi connectivity index (χ1) is 11.5. The molecule has 2 aromatic rings. The van der Waals surface area contributed by atoms with E-state index in [4.69, 9.17) is 4.74 Å². The number of hydrogen-bond acceptors (Lipinski definition) is 6. The van der Waals surface area contributed by atoms with Crippen molar-refractivity contribution < 1.29 is 9.53 Å². The fourth-order valence-electron chi connectivity index (χ4n) is 2.86. The first-order valence-corrected chi connectivity index (χ1v) is 8.87. The number of anilines is 1. The zero-order chi connectivity index (χ0) is 17.1. The molecule has 0 bridgehead atoms. The lowest BCUT2D eigenvalue weighted by Crippen LogP contribution is -2.27. The van der Waals surface area contributed by atoms with Gasteiger partial charge in [-0.25, -0.2) is 4.98 Å². The van der Waals surface area contributed by atoms with Crippen LogP contribution in [-0.4, -0.2) is 39.5 Å². The predicted octanol–water partition coefficient (Wildman–Crippen LogP) is 2.85. The number of aromatic nitrogens is 2. The number of carbonyl (C=O) groups is 1. The lowest BCUT2D eigenvalue weighted by atomic mass is 10.2. The molecular weight excluding hydrogens is 324 g/mol.